The van der Waals surface area contributed by atoms with E-state index in [1.54, 1.807) is 36.4 Å². The van der Waals surface area contributed by atoms with E-state index in [2.05, 4.69) is 5.32 Å². The number of methoxy groups -OCH3 is 1. The summed E-state index contributed by atoms with van der Waals surface area (Å²) >= 11 is 0. The minimum atomic E-state index is -3.53. The number of ether oxygens (including phenoxy) is 2. The molecule has 8 heteroatoms. The average molecular weight is 421 g/mol. The second-order valence-electron chi connectivity index (χ2n) is 6.82. The Balaban J connectivity index is 2.03. The number of nitrogens with zero attached hydrogens (tertiary/aromatic N) is 1. The van der Waals surface area contributed by atoms with Crippen LogP contribution < -0.4 is 19.1 Å². The number of anilines is 2. The van der Waals surface area contributed by atoms with Crippen LogP contribution in [0.4, 0.5) is 11.4 Å². The van der Waals surface area contributed by atoms with Gasteiger partial charge in [-0.3, -0.25) is 9.10 Å². The number of amides is 1. The number of rotatable bonds is 10. The van der Waals surface area contributed by atoms with Gasteiger partial charge in [0.05, 0.1) is 30.8 Å². The lowest BCUT2D eigenvalue weighted by atomic mass is 10.2. The third-order valence-corrected chi connectivity index (χ3v) is 5.22. The van der Waals surface area contributed by atoms with E-state index >= 15 is 0 Å². The van der Waals surface area contributed by atoms with Crippen molar-refractivity contribution in [2.75, 3.05) is 29.5 Å². The second-order valence-corrected chi connectivity index (χ2v) is 8.73. The lowest BCUT2D eigenvalue weighted by Crippen LogP contribution is -2.31. The number of nitrogens with one attached hydrogen (secondary N) is 1. The molecule has 0 saturated heterocycles. The predicted octanol–water partition coefficient (Wildman–Crippen LogP) is 3.67. The standard InChI is InChI=1S/C21H28N2O5S/c1-16(2)28-19-12-7-5-10-17(19)22-21(24)14-9-15-23(29(4,25)26)18-11-6-8-13-20(18)27-3/h5-8,10-13,16H,9,14-15H2,1-4H3,(H,22,24). The SMILES string of the molecule is COc1ccccc1N(CCCC(=O)Nc1ccccc1OC(C)C)S(C)(=O)=O. The maximum Gasteiger partial charge on any atom is 0.232 e. The molecule has 0 unspecified atom stereocenters. The van der Waals surface area contributed by atoms with Gasteiger partial charge in [0.2, 0.25) is 15.9 Å². The van der Waals surface area contributed by atoms with Crippen LogP contribution in [0.15, 0.2) is 48.5 Å². The Morgan fingerprint density at radius 3 is 2.31 bits per heavy atom. The number of benzene rings is 2. The summed E-state index contributed by atoms with van der Waals surface area (Å²) in [7, 11) is -2.04. The largest absolute Gasteiger partial charge is 0.495 e. The molecule has 2 aromatic rings. The van der Waals surface area contributed by atoms with Gasteiger partial charge < -0.3 is 14.8 Å². The molecule has 1 amide bonds. The number of sulfonamides is 1. The van der Waals surface area contributed by atoms with Crippen LogP contribution in [0.3, 0.4) is 0 Å². The van der Waals surface area contributed by atoms with E-state index in [0.717, 1.165) is 6.26 Å². The maximum atomic E-state index is 12.4. The summed E-state index contributed by atoms with van der Waals surface area (Å²) in [5.41, 5.74) is 1.05. The van der Waals surface area contributed by atoms with Crippen LogP contribution >= 0.6 is 0 Å². The van der Waals surface area contributed by atoms with Crippen molar-refractivity contribution in [1.29, 1.82) is 0 Å². The first-order valence-electron chi connectivity index (χ1n) is 9.38. The summed E-state index contributed by atoms with van der Waals surface area (Å²) in [6, 6.07) is 14.1. The van der Waals surface area contributed by atoms with Gasteiger partial charge in [-0.15, -0.1) is 0 Å². The van der Waals surface area contributed by atoms with Crippen molar-refractivity contribution in [2.45, 2.75) is 32.8 Å². The Bertz CT molecular complexity index is 928. The molecule has 0 spiro atoms. The van der Waals surface area contributed by atoms with Crippen molar-refractivity contribution >= 4 is 27.3 Å². The Hall–Kier alpha value is -2.74. The monoisotopic (exact) mass is 420 g/mol. The van der Waals surface area contributed by atoms with Crippen molar-refractivity contribution in [3.63, 3.8) is 0 Å². The first-order valence-corrected chi connectivity index (χ1v) is 11.2. The number of carbonyl (C=O) groups is 1. The fourth-order valence-electron chi connectivity index (χ4n) is 2.82. The van der Waals surface area contributed by atoms with E-state index in [-0.39, 0.29) is 25.0 Å². The predicted molar refractivity (Wildman–Crippen MR) is 115 cm³/mol. The lowest BCUT2D eigenvalue weighted by Gasteiger charge is -2.24. The van der Waals surface area contributed by atoms with Crippen LogP contribution in [0.2, 0.25) is 0 Å². The molecule has 1 N–H and O–H groups in total. The van der Waals surface area contributed by atoms with E-state index in [0.29, 0.717) is 29.3 Å². The van der Waals surface area contributed by atoms with Gasteiger partial charge >= 0.3 is 0 Å². The molecular weight excluding hydrogens is 392 g/mol. The maximum absolute atomic E-state index is 12.4. The molecule has 0 aliphatic heterocycles. The minimum absolute atomic E-state index is 0.0165. The smallest absolute Gasteiger partial charge is 0.232 e. The third-order valence-electron chi connectivity index (χ3n) is 4.04. The number of para-hydroxylation sites is 4. The van der Waals surface area contributed by atoms with Crippen molar-refractivity contribution in [3.8, 4) is 11.5 Å². The topological polar surface area (TPSA) is 84.9 Å². The first kappa shape index (κ1) is 22.5. The average Bonchev–Trinajstić information content (AvgIpc) is 2.65. The number of hydrogen-bond acceptors (Lipinski definition) is 5. The van der Waals surface area contributed by atoms with Gasteiger partial charge in [-0.25, -0.2) is 8.42 Å². The number of hydrogen-bond donors (Lipinski definition) is 1. The molecule has 7 nitrogen and oxygen atoms in total. The van der Waals surface area contributed by atoms with Crippen LogP contribution in [0.25, 0.3) is 0 Å². The Morgan fingerprint density at radius 2 is 1.69 bits per heavy atom. The lowest BCUT2D eigenvalue weighted by molar-refractivity contribution is -0.116. The molecule has 0 bridgehead atoms. The zero-order valence-electron chi connectivity index (χ0n) is 17.2. The summed E-state index contributed by atoms with van der Waals surface area (Å²) in [5.74, 6) is 0.850. The normalized spacial score (nSPS) is 11.2. The minimum Gasteiger partial charge on any atom is -0.495 e. The summed E-state index contributed by atoms with van der Waals surface area (Å²) in [5, 5.41) is 2.83. The van der Waals surface area contributed by atoms with Gasteiger partial charge in [-0.1, -0.05) is 24.3 Å². The molecule has 0 atom stereocenters. The highest BCUT2D eigenvalue weighted by atomic mass is 32.2. The van der Waals surface area contributed by atoms with Gasteiger partial charge in [-0.2, -0.15) is 0 Å². The molecule has 0 heterocycles. The van der Waals surface area contributed by atoms with Gasteiger partial charge in [0.25, 0.3) is 0 Å². The molecule has 0 saturated carbocycles. The molecule has 0 radical (unpaired) electrons. The summed E-state index contributed by atoms with van der Waals surface area (Å²) < 4.78 is 36.8. The first-order chi connectivity index (χ1) is 13.7. The van der Waals surface area contributed by atoms with Gasteiger partial charge in [-0.05, 0) is 44.5 Å². The molecule has 0 fully saturated rings. The Morgan fingerprint density at radius 1 is 1.07 bits per heavy atom. The van der Waals surface area contributed by atoms with Gasteiger partial charge in [0.15, 0.2) is 0 Å². The van der Waals surface area contributed by atoms with E-state index < -0.39 is 10.0 Å². The van der Waals surface area contributed by atoms with Gasteiger partial charge in [0.1, 0.15) is 11.5 Å². The highest BCUT2D eigenvalue weighted by Gasteiger charge is 2.21. The van der Waals surface area contributed by atoms with E-state index in [4.69, 9.17) is 9.47 Å². The van der Waals surface area contributed by atoms with Crippen molar-refractivity contribution in [1.82, 2.24) is 0 Å². The molecule has 0 aliphatic rings. The van der Waals surface area contributed by atoms with Gasteiger partial charge in [0, 0.05) is 13.0 Å². The Labute approximate surface area is 172 Å². The van der Waals surface area contributed by atoms with Crippen molar-refractivity contribution in [3.05, 3.63) is 48.5 Å². The van der Waals surface area contributed by atoms with E-state index in [9.17, 15) is 13.2 Å². The van der Waals surface area contributed by atoms with Crippen LogP contribution in [0.1, 0.15) is 26.7 Å². The molecule has 0 aliphatic carbocycles. The van der Waals surface area contributed by atoms with E-state index in [1.165, 1.54) is 11.4 Å². The molecule has 2 rings (SSSR count). The third kappa shape index (κ3) is 6.67. The quantitative estimate of drug-likeness (QED) is 0.634. The molecule has 2 aromatic carbocycles. The summed E-state index contributed by atoms with van der Waals surface area (Å²) in [4.78, 5) is 12.4. The zero-order valence-corrected chi connectivity index (χ0v) is 18.0. The van der Waals surface area contributed by atoms with Crippen LogP contribution in [0.5, 0.6) is 11.5 Å². The zero-order chi connectivity index (χ0) is 21.4. The summed E-state index contributed by atoms with van der Waals surface area (Å²) in [6.45, 7) is 3.99. The molecule has 29 heavy (non-hydrogen) atoms. The van der Waals surface area contributed by atoms with Crippen LogP contribution in [-0.2, 0) is 14.8 Å². The second kappa shape index (κ2) is 10.2. The molecular formula is C21H28N2O5S. The molecule has 158 valence electrons. The molecule has 0 aromatic heterocycles. The summed E-state index contributed by atoms with van der Waals surface area (Å²) in [6.07, 6.45) is 1.64. The Kier molecular flexibility index (Phi) is 7.90. The number of carbonyl (C=O) groups excluding carboxylic acids is 1. The van der Waals surface area contributed by atoms with Crippen LogP contribution in [0, 0.1) is 0 Å². The van der Waals surface area contributed by atoms with Crippen molar-refractivity contribution in [2.24, 2.45) is 0 Å². The van der Waals surface area contributed by atoms with E-state index in [1.807, 2.05) is 26.0 Å². The fraction of sp³-hybridized carbons (Fsp3) is 0.381. The fourth-order valence-corrected chi connectivity index (χ4v) is 3.79. The van der Waals surface area contributed by atoms with Crippen molar-refractivity contribution < 1.29 is 22.7 Å². The highest BCUT2D eigenvalue weighted by molar-refractivity contribution is 7.92. The van der Waals surface area contributed by atoms with Crippen LogP contribution in [-0.4, -0.2) is 40.3 Å². The highest BCUT2D eigenvalue weighted by Crippen LogP contribution is 2.30.